The molecule has 7 heteroatoms. The van der Waals surface area contributed by atoms with Crippen molar-refractivity contribution in [2.24, 2.45) is 0 Å². The predicted octanol–water partition coefficient (Wildman–Crippen LogP) is 3.00. The number of hydrogen-bond donors (Lipinski definition) is 1. The Bertz CT molecular complexity index is 721. The number of amides is 2. The third-order valence-corrected chi connectivity index (χ3v) is 4.73. The summed E-state index contributed by atoms with van der Waals surface area (Å²) >= 11 is 11.2. The number of benzene rings is 1. The van der Waals surface area contributed by atoms with Crippen LogP contribution in [0.25, 0.3) is 5.69 Å². The summed E-state index contributed by atoms with van der Waals surface area (Å²) in [7, 11) is 0. The maximum absolute atomic E-state index is 12.4. The van der Waals surface area contributed by atoms with Crippen molar-refractivity contribution in [2.45, 2.75) is 23.7 Å². The number of likely N-dealkylation sites (tertiary alicyclic amines) is 1. The number of piperidine rings is 1. The number of alkyl halides is 2. The van der Waals surface area contributed by atoms with E-state index in [4.69, 9.17) is 23.2 Å². The Kier molecular flexibility index (Phi) is 5.66. The highest BCUT2D eigenvalue weighted by Crippen LogP contribution is 2.16. The monoisotopic (exact) mass is 379 g/mol. The molecular formula is C18H19Cl2N3O2. The summed E-state index contributed by atoms with van der Waals surface area (Å²) in [6, 6.07) is 11.4. The normalized spacial score (nSPS) is 15.4. The molecule has 0 radical (unpaired) electrons. The Hall–Kier alpha value is -1.98. The number of carbonyl (C=O) groups excluding carboxylic acids is 2. The lowest BCUT2D eigenvalue weighted by Gasteiger charge is -2.32. The fourth-order valence-electron chi connectivity index (χ4n) is 2.94. The highest BCUT2D eigenvalue weighted by atomic mass is 35.5. The van der Waals surface area contributed by atoms with Gasteiger partial charge < -0.3 is 14.8 Å². The summed E-state index contributed by atoms with van der Waals surface area (Å²) < 4.78 is 1.98. The van der Waals surface area contributed by atoms with E-state index in [9.17, 15) is 9.59 Å². The first-order valence-electron chi connectivity index (χ1n) is 8.16. The molecule has 2 amide bonds. The largest absolute Gasteiger partial charge is 0.349 e. The highest BCUT2D eigenvalue weighted by molar-refractivity contribution is 6.53. The van der Waals surface area contributed by atoms with Gasteiger partial charge in [-0.2, -0.15) is 0 Å². The zero-order valence-electron chi connectivity index (χ0n) is 13.6. The van der Waals surface area contributed by atoms with Gasteiger partial charge in [0.15, 0.2) is 4.84 Å². The van der Waals surface area contributed by atoms with Crippen LogP contribution < -0.4 is 5.32 Å². The standard InChI is InChI=1S/C18H19Cl2N3O2/c19-16(20)18(25)23-11-7-14(8-12-23)21-17(24)13-3-5-15(6-4-13)22-9-1-2-10-22/h1-6,9-10,14,16H,7-8,11-12H2,(H,21,24). The fraction of sp³-hybridized carbons (Fsp3) is 0.333. The number of nitrogens with one attached hydrogen (secondary N) is 1. The predicted molar refractivity (Wildman–Crippen MR) is 98.3 cm³/mol. The number of rotatable bonds is 4. The van der Waals surface area contributed by atoms with Crippen molar-refractivity contribution >= 4 is 35.0 Å². The second-order valence-corrected chi connectivity index (χ2v) is 7.11. The van der Waals surface area contributed by atoms with Crippen molar-refractivity contribution in [2.75, 3.05) is 13.1 Å². The molecule has 1 aromatic carbocycles. The Balaban J connectivity index is 1.54. The van der Waals surface area contributed by atoms with Crippen LogP contribution in [0.4, 0.5) is 0 Å². The van der Waals surface area contributed by atoms with Crippen molar-refractivity contribution in [3.63, 3.8) is 0 Å². The summed E-state index contributed by atoms with van der Waals surface area (Å²) in [5.41, 5.74) is 1.63. The molecule has 25 heavy (non-hydrogen) atoms. The minimum Gasteiger partial charge on any atom is -0.349 e. The first-order chi connectivity index (χ1) is 12.0. The zero-order chi connectivity index (χ0) is 17.8. The van der Waals surface area contributed by atoms with E-state index >= 15 is 0 Å². The van der Waals surface area contributed by atoms with E-state index in [0.29, 0.717) is 31.5 Å². The lowest BCUT2D eigenvalue weighted by Crippen LogP contribution is -2.47. The molecule has 0 bridgehead atoms. The molecule has 1 saturated heterocycles. The van der Waals surface area contributed by atoms with Crippen molar-refractivity contribution < 1.29 is 9.59 Å². The molecule has 0 atom stereocenters. The Morgan fingerprint density at radius 3 is 2.20 bits per heavy atom. The molecule has 5 nitrogen and oxygen atoms in total. The molecule has 2 aromatic rings. The van der Waals surface area contributed by atoms with Gasteiger partial charge in [0.25, 0.3) is 11.8 Å². The molecule has 1 aliphatic heterocycles. The molecule has 0 unspecified atom stereocenters. The van der Waals surface area contributed by atoms with Crippen LogP contribution in [0.3, 0.4) is 0 Å². The minimum absolute atomic E-state index is 0.0461. The topological polar surface area (TPSA) is 54.3 Å². The van der Waals surface area contributed by atoms with Crippen LogP contribution in [0, 0.1) is 0 Å². The average Bonchev–Trinajstić information content (AvgIpc) is 3.16. The van der Waals surface area contributed by atoms with Gasteiger partial charge in [0.1, 0.15) is 0 Å². The quantitative estimate of drug-likeness (QED) is 0.830. The van der Waals surface area contributed by atoms with E-state index in [1.54, 1.807) is 4.90 Å². The number of carbonyl (C=O) groups is 2. The average molecular weight is 380 g/mol. The van der Waals surface area contributed by atoms with Gasteiger partial charge in [-0.05, 0) is 49.2 Å². The molecule has 3 rings (SSSR count). The molecular weight excluding hydrogens is 361 g/mol. The zero-order valence-corrected chi connectivity index (χ0v) is 15.1. The van der Waals surface area contributed by atoms with E-state index in [2.05, 4.69) is 5.32 Å². The minimum atomic E-state index is -1.02. The van der Waals surface area contributed by atoms with Gasteiger partial charge in [0.05, 0.1) is 0 Å². The summed E-state index contributed by atoms with van der Waals surface area (Å²) in [5.74, 6) is -0.370. The van der Waals surface area contributed by atoms with E-state index < -0.39 is 4.84 Å². The van der Waals surface area contributed by atoms with Gasteiger partial charge >= 0.3 is 0 Å². The Morgan fingerprint density at radius 2 is 1.64 bits per heavy atom. The molecule has 0 spiro atoms. The molecule has 2 heterocycles. The molecule has 1 aliphatic rings. The fourth-order valence-corrected chi connectivity index (χ4v) is 3.22. The van der Waals surface area contributed by atoms with Gasteiger partial charge in [0.2, 0.25) is 0 Å². The molecule has 0 aliphatic carbocycles. The second-order valence-electron chi connectivity index (χ2n) is 6.01. The summed E-state index contributed by atoms with van der Waals surface area (Å²) in [4.78, 5) is 24.8. The van der Waals surface area contributed by atoms with Gasteiger partial charge in [-0.1, -0.05) is 23.2 Å². The lowest BCUT2D eigenvalue weighted by molar-refractivity contribution is -0.130. The third-order valence-electron chi connectivity index (χ3n) is 4.36. The van der Waals surface area contributed by atoms with Crippen LogP contribution in [0.5, 0.6) is 0 Å². The SMILES string of the molecule is O=C(NC1CCN(C(=O)C(Cl)Cl)CC1)c1ccc(-n2cccc2)cc1. The van der Waals surface area contributed by atoms with Crippen LogP contribution in [0.2, 0.25) is 0 Å². The third kappa shape index (κ3) is 4.35. The Morgan fingerprint density at radius 1 is 1.04 bits per heavy atom. The van der Waals surface area contributed by atoms with Gasteiger partial charge in [-0.3, -0.25) is 9.59 Å². The van der Waals surface area contributed by atoms with Crippen molar-refractivity contribution in [1.82, 2.24) is 14.8 Å². The van der Waals surface area contributed by atoms with E-state index in [-0.39, 0.29) is 17.9 Å². The van der Waals surface area contributed by atoms with Gasteiger partial charge in [0, 0.05) is 42.8 Å². The smallest absolute Gasteiger partial charge is 0.255 e. The van der Waals surface area contributed by atoms with Gasteiger partial charge in [-0.15, -0.1) is 0 Å². The van der Waals surface area contributed by atoms with Gasteiger partial charge in [-0.25, -0.2) is 0 Å². The van der Waals surface area contributed by atoms with Crippen LogP contribution in [-0.4, -0.2) is 45.2 Å². The van der Waals surface area contributed by atoms with Crippen molar-refractivity contribution in [3.8, 4) is 5.69 Å². The lowest BCUT2D eigenvalue weighted by atomic mass is 10.0. The molecule has 1 N–H and O–H groups in total. The van der Waals surface area contributed by atoms with Crippen molar-refractivity contribution in [1.29, 1.82) is 0 Å². The van der Waals surface area contributed by atoms with Crippen LogP contribution in [0.15, 0.2) is 48.8 Å². The number of halogens is 2. The highest BCUT2D eigenvalue weighted by Gasteiger charge is 2.26. The molecule has 1 aromatic heterocycles. The number of aromatic nitrogens is 1. The summed E-state index contributed by atoms with van der Waals surface area (Å²) in [6.45, 7) is 1.10. The van der Waals surface area contributed by atoms with E-state index in [1.165, 1.54) is 0 Å². The summed E-state index contributed by atoms with van der Waals surface area (Å²) in [5, 5.41) is 3.03. The first kappa shape index (κ1) is 17.8. The van der Waals surface area contributed by atoms with Crippen molar-refractivity contribution in [3.05, 3.63) is 54.4 Å². The number of nitrogens with zero attached hydrogens (tertiary/aromatic N) is 2. The van der Waals surface area contributed by atoms with Crippen LogP contribution in [-0.2, 0) is 4.79 Å². The second kappa shape index (κ2) is 7.93. The maximum Gasteiger partial charge on any atom is 0.255 e. The first-order valence-corrected chi connectivity index (χ1v) is 9.03. The molecule has 1 fully saturated rings. The Labute approximate surface area is 156 Å². The van der Waals surface area contributed by atoms with E-state index in [0.717, 1.165) is 5.69 Å². The molecule has 0 saturated carbocycles. The van der Waals surface area contributed by atoms with E-state index in [1.807, 2.05) is 53.4 Å². The van der Waals surface area contributed by atoms with Crippen LogP contribution in [0.1, 0.15) is 23.2 Å². The maximum atomic E-state index is 12.4. The molecule has 132 valence electrons. The number of hydrogen-bond acceptors (Lipinski definition) is 2. The van der Waals surface area contributed by atoms with Crippen LogP contribution >= 0.6 is 23.2 Å². The summed E-state index contributed by atoms with van der Waals surface area (Å²) in [6.07, 6.45) is 5.30.